The van der Waals surface area contributed by atoms with Gasteiger partial charge in [-0.25, -0.2) is 4.98 Å². The molecule has 2 aromatic heterocycles. The standard InChI is InChI=1S/C10H11N3O4/c11-5-1-2-9-12-6-8(16-9)7-3-4-10(17-7)13(14)15/h3-4,6H,1-2,5,11H2. The molecule has 0 aliphatic rings. The molecule has 0 saturated heterocycles. The Labute approximate surface area is 96.4 Å². The van der Waals surface area contributed by atoms with Gasteiger partial charge in [0.1, 0.15) is 4.92 Å². The molecule has 0 atom stereocenters. The molecule has 0 aliphatic heterocycles. The first-order valence-corrected chi connectivity index (χ1v) is 5.10. The maximum Gasteiger partial charge on any atom is 0.433 e. The van der Waals surface area contributed by atoms with Crippen molar-refractivity contribution in [1.82, 2.24) is 4.98 Å². The number of hydrogen-bond donors (Lipinski definition) is 1. The van der Waals surface area contributed by atoms with Gasteiger partial charge in [-0.2, -0.15) is 0 Å². The van der Waals surface area contributed by atoms with Crippen molar-refractivity contribution < 1.29 is 13.8 Å². The molecular formula is C10H11N3O4. The molecule has 0 saturated carbocycles. The predicted molar refractivity (Wildman–Crippen MR) is 58.2 cm³/mol. The highest BCUT2D eigenvalue weighted by atomic mass is 16.6. The Morgan fingerprint density at radius 3 is 2.82 bits per heavy atom. The second-order valence-electron chi connectivity index (χ2n) is 3.41. The second kappa shape index (κ2) is 4.79. The molecule has 0 fully saturated rings. The first-order chi connectivity index (χ1) is 8.20. The number of nitrogens with two attached hydrogens (primary N) is 1. The molecule has 0 aliphatic carbocycles. The molecule has 0 radical (unpaired) electrons. The van der Waals surface area contributed by atoms with Crippen molar-refractivity contribution in [3.8, 4) is 11.5 Å². The molecule has 90 valence electrons. The Bertz CT molecular complexity index is 517. The number of furan rings is 1. The van der Waals surface area contributed by atoms with E-state index in [0.29, 0.717) is 30.4 Å². The number of aromatic nitrogens is 1. The number of nitro groups is 1. The van der Waals surface area contributed by atoms with Crippen LogP contribution >= 0.6 is 0 Å². The van der Waals surface area contributed by atoms with Crippen LogP contribution in [0.25, 0.3) is 11.5 Å². The predicted octanol–water partition coefficient (Wildman–Crippen LogP) is 1.73. The lowest BCUT2D eigenvalue weighted by Crippen LogP contribution is -2.00. The summed E-state index contributed by atoms with van der Waals surface area (Å²) in [4.78, 5) is 13.9. The van der Waals surface area contributed by atoms with Gasteiger partial charge in [0.15, 0.2) is 17.4 Å². The SMILES string of the molecule is NCCCc1ncc(-c2ccc([N+](=O)[O-])o2)o1. The minimum atomic E-state index is -0.602. The molecule has 0 spiro atoms. The Balaban J connectivity index is 2.15. The highest BCUT2D eigenvalue weighted by molar-refractivity contribution is 5.50. The summed E-state index contributed by atoms with van der Waals surface area (Å²) in [6, 6.07) is 2.75. The largest absolute Gasteiger partial charge is 0.437 e. The van der Waals surface area contributed by atoms with Crippen LogP contribution in [0.5, 0.6) is 0 Å². The molecule has 2 rings (SSSR count). The maximum atomic E-state index is 10.4. The molecule has 2 aromatic rings. The quantitative estimate of drug-likeness (QED) is 0.626. The Morgan fingerprint density at radius 2 is 2.18 bits per heavy atom. The fourth-order valence-electron chi connectivity index (χ4n) is 1.35. The van der Waals surface area contributed by atoms with Crippen LogP contribution in [0.2, 0.25) is 0 Å². The van der Waals surface area contributed by atoms with Crippen LogP contribution in [-0.4, -0.2) is 16.5 Å². The van der Waals surface area contributed by atoms with Crippen LogP contribution in [0.1, 0.15) is 12.3 Å². The molecular weight excluding hydrogens is 226 g/mol. The third-order valence-corrected chi connectivity index (χ3v) is 2.16. The monoisotopic (exact) mass is 237 g/mol. The number of aryl methyl sites for hydroxylation is 1. The number of hydrogen-bond acceptors (Lipinski definition) is 6. The zero-order valence-electron chi connectivity index (χ0n) is 8.96. The number of oxazole rings is 1. The Morgan fingerprint density at radius 1 is 1.35 bits per heavy atom. The van der Waals surface area contributed by atoms with Gasteiger partial charge >= 0.3 is 5.88 Å². The van der Waals surface area contributed by atoms with E-state index in [-0.39, 0.29) is 5.88 Å². The number of rotatable bonds is 5. The number of nitrogens with zero attached hydrogens (tertiary/aromatic N) is 2. The zero-order chi connectivity index (χ0) is 12.3. The van der Waals surface area contributed by atoms with Crippen molar-refractivity contribution in [3.05, 3.63) is 34.3 Å². The van der Waals surface area contributed by atoms with Crippen LogP contribution in [-0.2, 0) is 6.42 Å². The fourth-order valence-corrected chi connectivity index (χ4v) is 1.35. The van der Waals surface area contributed by atoms with Crippen molar-refractivity contribution in [1.29, 1.82) is 0 Å². The van der Waals surface area contributed by atoms with E-state index in [1.807, 2.05) is 0 Å². The molecule has 7 heteroatoms. The molecule has 0 bridgehead atoms. The molecule has 0 unspecified atom stereocenters. The second-order valence-corrected chi connectivity index (χ2v) is 3.41. The van der Waals surface area contributed by atoms with E-state index >= 15 is 0 Å². The molecule has 2 heterocycles. The van der Waals surface area contributed by atoms with Crippen molar-refractivity contribution in [2.75, 3.05) is 6.54 Å². The summed E-state index contributed by atoms with van der Waals surface area (Å²) >= 11 is 0. The molecule has 2 N–H and O–H groups in total. The lowest BCUT2D eigenvalue weighted by molar-refractivity contribution is -0.401. The van der Waals surface area contributed by atoms with Crippen molar-refractivity contribution in [2.24, 2.45) is 5.73 Å². The Kier molecular flexibility index (Phi) is 3.20. The summed E-state index contributed by atoms with van der Waals surface area (Å²) in [6.07, 6.45) is 2.89. The van der Waals surface area contributed by atoms with E-state index in [9.17, 15) is 10.1 Å². The van der Waals surface area contributed by atoms with Gasteiger partial charge in [-0.1, -0.05) is 0 Å². The smallest absolute Gasteiger partial charge is 0.433 e. The van der Waals surface area contributed by atoms with Crippen molar-refractivity contribution in [3.63, 3.8) is 0 Å². The molecule has 0 aromatic carbocycles. The van der Waals surface area contributed by atoms with Crippen LogP contribution in [0.15, 0.2) is 27.2 Å². The van der Waals surface area contributed by atoms with Gasteiger partial charge in [0.2, 0.25) is 0 Å². The summed E-state index contributed by atoms with van der Waals surface area (Å²) in [5.74, 6) is 0.901. The minimum Gasteiger partial charge on any atom is -0.437 e. The van der Waals surface area contributed by atoms with Gasteiger partial charge in [-0.05, 0) is 19.0 Å². The lowest BCUT2D eigenvalue weighted by atomic mass is 10.3. The normalized spacial score (nSPS) is 10.6. The van der Waals surface area contributed by atoms with Gasteiger partial charge in [0, 0.05) is 6.42 Å². The summed E-state index contributed by atoms with van der Waals surface area (Å²) in [5, 5.41) is 10.4. The highest BCUT2D eigenvalue weighted by Gasteiger charge is 2.16. The zero-order valence-corrected chi connectivity index (χ0v) is 8.96. The average molecular weight is 237 g/mol. The van der Waals surface area contributed by atoms with E-state index in [0.717, 1.165) is 6.42 Å². The molecule has 17 heavy (non-hydrogen) atoms. The van der Waals surface area contributed by atoms with Crippen LogP contribution in [0.4, 0.5) is 5.88 Å². The summed E-state index contributed by atoms with van der Waals surface area (Å²) in [6.45, 7) is 0.559. The maximum absolute atomic E-state index is 10.4. The van der Waals surface area contributed by atoms with Crippen LogP contribution in [0.3, 0.4) is 0 Å². The van der Waals surface area contributed by atoms with Gasteiger partial charge in [0.05, 0.1) is 12.3 Å². The first-order valence-electron chi connectivity index (χ1n) is 5.10. The van der Waals surface area contributed by atoms with Gasteiger partial charge in [-0.15, -0.1) is 0 Å². The van der Waals surface area contributed by atoms with E-state index < -0.39 is 4.92 Å². The average Bonchev–Trinajstić information content (AvgIpc) is 2.94. The van der Waals surface area contributed by atoms with Gasteiger partial charge in [0.25, 0.3) is 0 Å². The summed E-state index contributed by atoms with van der Waals surface area (Å²) in [5.41, 5.74) is 5.37. The first kappa shape index (κ1) is 11.3. The van der Waals surface area contributed by atoms with Gasteiger partial charge in [-0.3, -0.25) is 10.1 Å². The van der Waals surface area contributed by atoms with Crippen molar-refractivity contribution in [2.45, 2.75) is 12.8 Å². The molecule has 0 amide bonds. The third kappa shape index (κ3) is 2.51. The third-order valence-electron chi connectivity index (χ3n) is 2.16. The molecule has 7 nitrogen and oxygen atoms in total. The fraction of sp³-hybridized carbons (Fsp3) is 0.300. The summed E-state index contributed by atoms with van der Waals surface area (Å²) < 4.78 is 10.4. The highest BCUT2D eigenvalue weighted by Crippen LogP contribution is 2.26. The topological polar surface area (TPSA) is 108 Å². The van der Waals surface area contributed by atoms with Crippen LogP contribution in [0, 0.1) is 10.1 Å². The summed E-state index contributed by atoms with van der Waals surface area (Å²) in [7, 11) is 0. The van der Waals surface area contributed by atoms with E-state index in [1.54, 1.807) is 0 Å². The van der Waals surface area contributed by atoms with Crippen molar-refractivity contribution >= 4 is 5.88 Å². The Hall–Kier alpha value is -2.15. The van der Waals surface area contributed by atoms with E-state index in [4.69, 9.17) is 14.6 Å². The minimum absolute atomic E-state index is 0.295. The lowest BCUT2D eigenvalue weighted by Gasteiger charge is -1.91. The van der Waals surface area contributed by atoms with Gasteiger partial charge < -0.3 is 14.6 Å². The van der Waals surface area contributed by atoms with E-state index in [2.05, 4.69) is 4.98 Å². The van der Waals surface area contributed by atoms with Crippen LogP contribution < -0.4 is 5.73 Å². The van der Waals surface area contributed by atoms with E-state index in [1.165, 1.54) is 18.3 Å².